The first kappa shape index (κ1) is 7.49. The highest BCUT2D eigenvalue weighted by Crippen LogP contribution is 2.14. The molecule has 0 aliphatic carbocycles. The van der Waals surface area contributed by atoms with Crippen LogP contribution in [0, 0.1) is 0 Å². The SMILES string of the molecule is CN1CCc2cnc(N)nc2C1. The molecule has 0 aromatic carbocycles. The van der Waals surface area contributed by atoms with E-state index >= 15 is 0 Å². The van der Waals surface area contributed by atoms with Crippen molar-refractivity contribution in [3.63, 3.8) is 0 Å². The molecule has 0 amide bonds. The minimum absolute atomic E-state index is 0.379. The molecule has 0 saturated heterocycles. The molecule has 4 nitrogen and oxygen atoms in total. The summed E-state index contributed by atoms with van der Waals surface area (Å²) in [6.07, 6.45) is 2.87. The molecule has 0 bridgehead atoms. The highest BCUT2D eigenvalue weighted by atomic mass is 15.1. The number of anilines is 1. The summed E-state index contributed by atoms with van der Waals surface area (Å²) < 4.78 is 0. The zero-order chi connectivity index (χ0) is 8.55. The molecule has 0 atom stereocenters. The Bertz CT molecular complexity index is 297. The van der Waals surface area contributed by atoms with E-state index in [2.05, 4.69) is 21.9 Å². The Labute approximate surface area is 71.4 Å². The lowest BCUT2D eigenvalue weighted by Gasteiger charge is -2.23. The summed E-state index contributed by atoms with van der Waals surface area (Å²) in [4.78, 5) is 10.4. The van der Waals surface area contributed by atoms with Crippen LogP contribution in [-0.2, 0) is 13.0 Å². The van der Waals surface area contributed by atoms with Crippen LogP contribution in [0.25, 0.3) is 0 Å². The summed E-state index contributed by atoms with van der Waals surface area (Å²) in [6.45, 7) is 1.97. The maximum absolute atomic E-state index is 5.49. The average molecular weight is 164 g/mol. The van der Waals surface area contributed by atoms with E-state index in [0.29, 0.717) is 5.95 Å². The first-order valence-electron chi connectivity index (χ1n) is 4.04. The summed E-state index contributed by atoms with van der Waals surface area (Å²) in [6, 6.07) is 0. The molecule has 0 radical (unpaired) electrons. The molecule has 1 aliphatic heterocycles. The summed E-state index contributed by atoms with van der Waals surface area (Å²) >= 11 is 0. The Hall–Kier alpha value is -1.16. The van der Waals surface area contributed by atoms with Crippen molar-refractivity contribution in [2.45, 2.75) is 13.0 Å². The Morgan fingerprint density at radius 3 is 3.25 bits per heavy atom. The van der Waals surface area contributed by atoms with E-state index in [4.69, 9.17) is 5.73 Å². The molecule has 0 unspecified atom stereocenters. The lowest BCUT2D eigenvalue weighted by Crippen LogP contribution is -2.27. The largest absolute Gasteiger partial charge is 0.368 e. The van der Waals surface area contributed by atoms with Gasteiger partial charge in [0.05, 0.1) is 5.69 Å². The van der Waals surface area contributed by atoms with Crippen LogP contribution >= 0.6 is 0 Å². The van der Waals surface area contributed by atoms with Crippen molar-refractivity contribution in [2.24, 2.45) is 0 Å². The van der Waals surface area contributed by atoms with Crippen molar-refractivity contribution in [1.29, 1.82) is 0 Å². The van der Waals surface area contributed by atoms with Gasteiger partial charge in [0, 0.05) is 19.3 Å². The number of aromatic nitrogens is 2. The second kappa shape index (κ2) is 2.71. The van der Waals surface area contributed by atoms with E-state index < -0.39 is 0 Å². The van der Waals surface area contributed by atoms with Gasteiger partial charge in [-0.3, -0.25) is 0 Å². The van der Waals surface area contributed by atoms with Crippen LogP contribution in [-0.4, -0.2) is 28.5 Å². The Morgan fingerprint density at radius 1 is 1.58 bits per heavy atom. The second-order valence-corrected chi connectivity index (χ2v) is 3.19. The maximum atomic E-state index is 5.49. The van der Waals surface area contributed by atoms with Crippen molar-refractivity contribution < 1.29 is 0 Å². The number of likely N-dealkylation sites (N-methyl/N-ethyl adjacent to an activating group) is 1. The van der Waals surface area contributed by atoms with E-state index in [1.807, 2.05) is 6.20 Å². The predicted octanol–water partition coefficient (Wildman–Crippen LogP) is 0.0467. The zero-order valence-electron chi connectivity index (χ0n) is 7.12. The minimum atomic E-state index is 0.379. The molecule has 4 heteroatoms. The number of fused-ring (bicyclic) bond motifs is 1. The number of nitrogens with two attached hydrogens (primary N) is 1. The molecule has 1 aromatic rings. The fourth-order valence-corrected chi connectivity index (χ4v) is 1.45. The molecule has 0 fully saturated rings. The van der Waals surface area contributed by atoms with E-state index in [1.54, 1.807) is 0 Å². The first-order valence-corrected chi connectivity index (χ1v) is 4.04. The van der Waals surface area contributed by atoms with Crippen molar-refractivity contribution in [3.05, 3.63) is 17.5 Å². The standard InChI is InChI=1S/C8H12N4/c1-12-3-2-6-4-10-8(9)11-7(6)5-12/h4H,2-3,5H2,1H3,(H2,9,10,11). The molecule has 1 aliphatic rings. The topological polar surface area (TPSA) is 55.0 Å². The summed E-state index contributed by atoms with van der Waals surface area (Å²) in [5.74, 6) is 0.379. The molecule has 64 valence electrons. The molecule has 1 aromatic heterocycles. The first-order chi connectivity index (χ1) is 5.75. The normalized spacial score (nSPS) is 17.4. The Morgan fingerprint density at radius 2 is 2.42 bits per heavy atom. The lowest BCUT2D eigenvalue weighted by atomic mass is 10.1. The van der Waals surface area contributed by atoms with Crippen LogP contribution in [0.15, 0.2) is 6.20 Å². The Balaban J connectivity index is 2.37. The van der Waals surface area contributed by atoms with Gasteiger partial charge < -0.3 is 10.6 Å². The molecular formula is C8H12N4. The fraction of sp³-hybridized carbons (Fsp3) is 0.500. The van der Waals surface area contributed by atoms with Gasteiger partial charge in [0.1, 0.15) is 0 Å². The number of hydrogen-bond donors (Lipinski definition) is 1. The van der Waals surface area contributed by atoms with Gasteiger partial charge in [-0.25, -0.2) is 9.97 Å². The van der Waals surface area contributed by atoms with Crippen molar-refractivity contribution in [1.82, 2.24) is 14.9 Å². The van der Waals surface area contributed by atoms with Gasteiger partial charge in [-0.2, -0.15) is 0 Å². The van der Waals surface area contributed by atoms with Crippen molar-refractivity contribution in [2.75, 3.05) is 19.3 Å². The quantitative estimate of drug-likeness (QED) is 0.588. The summed E-state index contributed by atoms with van der Waals surface area (Å²) in [7, 11) is 2.08. The second-order valence-electron chi connectivity index (χ2n) is 3.19. The van der Waals surface area contributed by atoms with Gasteiger partial charge in [-0.05, 0) is 19.0 Å². The van der Waals surface area contributed by atoms with Gasteiger partial charge in [0.15, 0.2) is 0 Å². The van der Waals surface area contributed by atoms with Gasteiger partial charge >= 0.3 is 0 Å². The van der Waals surface area contributed by atoms with E-state index in [9.17, 15) is 0 Å². The van der Waals surface area contributed by atoms with Gasteiger partial charge in [0.2, 0.25) is 5.95 Å². The third kappa shape index (κ3) is 1.25. The maximum Gasteiger partial charge on any atom is 0.220 e. The van der Waals surface area contributed by atoms with E-state index in [0.717, 1.165) is 25.2 Å². The molecule has 12 heavy (non-hydrogen) atoms. The number of nitrogens with zero attached hydrogens (tertiary/aromatic N) is 3. The van der Waals surface area contributed by atoms with Crippen LogP contribution in [0.4, 0.5) is 5.95 Å². The number of hydrogen-bond acceptors (Lipinski definition) is 4. The van der Waals surface area contributed by atoms with Crippen LogP contribution in [0.1, 0.15) is 11.3 Å². The van der Waals surface area contributed by atoms with Crippen LogP contribution in [0.3, 0.4) is 0 Å². The summed E-state index contributed by atoms with van der Waals surface area (Å²) in [5, 5.41) is 0. The van der Waals surface area contributed by atoms with Crippen molar-refractivity contribution >= 4 is 5.95 Å². The highest BCUT2D eigenvalue weighted by molar-refractivity contribution is 5.26. The van der Waals surface area contributed by atoms with Crippen LogP contribution in [0.2, 0.25) is 0 Å². The monoisotopic (exact) mass is 164 g/mol. The smallest absolute Gasteiger partial charge is 0.220 e. The zero-order valence-corrected chi connectivity index (χ0v) is 7.12. The number of rotatable bonds is 0. The average Bonchev–Trinajstić information content (AvgIpc) is 2.03. The fourth-order valence-electron chi connectivity index (χ4n) is 1.45. The van der Waals surface area contributed by atoms with Gasteiger partial charge in [0.25, 0.3) is 0 Å². The molecule has 2 rings (SSSR count). The third-order valence-electron chi connectivity index (χ3n) is 2.16. The predicted molar refractivity (Wildman–Crippen MR) is 46.5 cm³/mol. The van der Waals surface area contributed by atoms with Crippen LogP contribution < -0.4 is 5.73 Å². The molecule has 0 saturated carbocycles. The van der Waals surface area contributed by atoms with Gasteiger partial charge in [-0.1, -0.05) is 0 Å². The highest BCUT2D eigenvalue weighted by Gasteiger charge is 2.14. The molecular weight excluding hydrogens is 152 g/mol. The molecule has 2 heterocycles. The van der Waals surface area contributed by atoms with E-state index in [1.165, 1.54) is 5.56 Å². The number of nitrogen functional groups attached to an aromatic ring is 1. The van der Waals surface area contributed by atoms with E-state index in [-0.39, 0.29) is 0 Å². The van der Waals surface area contributed by atoms with Crippen molar-refractivity contribution in [3.8, 4) is 0 Å². The minimum Gasteiger partial charge on any atom is -0.368 e. The summed E-state index contributed by atoms with van der Waals surface area (Å²) in [5.41, 5.74) is 7.80. The lowest BCUT2D eigenvalue weighted by molar-refractivity contribution is 0.307. The third-order valence-corrected chi connectivity index (χ3v) is 2.16. The van der Waals surface area contributed by atoms with Crippen LogP contribution in [0.5, 0.6) is 0 Å². The Kier molecular flexibility index (Phi) is 1.69. The molecule has 0 spiro atoms. The van der Waals surface area contributed by atoms with Gasteiger partial charge in [-0.15, -0.1) is 0 Å². The molecule has 2 N–H and O–H groups in total.